The first-order chi connectivity index (χ1) is 6.99. The summed E-state index contributed by atoms with van der Waals surface area (Å²) in [5, 5.41) is 2.82. The molecule has 1 aromatic carbocycles. The highest BCUT2D eigenvalue weighted by Crippen LogP contribution is 2.17. The van der Waals surface area contributed by atoms with Crippen LogP contribution in [0.3, 0.4) is 0 Å². The minimum Gasteiger partial charge on any atom is -0.327 e. The lowest BCUT2D eigenvalue weighted by Crippen LogP contribution is -2.24. The molecule has 0 aliphatic carbocycles. The zero-order valence-electron chi connectivity index (χ0n) is 9.29. The summed E-state index contributed by atoms with van der Waals surface area (Å²) in [5.41, 5.74) is 7.58. The Hall–Kier alpha value is -0.330. The summed E-state index contributed by atoms with van der Waals surface area (Å²) < 4.78 is 1.14. The molecule has 1 atom stereocenters. The summed E-state index contributed by atoms with van der Waals surface area (Å²) in [6, 6.07) is 5.74. The lowest BCUT2D eigenvalue weighted by molar-refractivity contribution is -0.116. The Balaban J connectivity index is 0.00000225. The van der Waals surface area contributed by atoms with E-state index in [2.05, 4.69) is 27.9 Å². The van der Waals surface area contributed by atoms with Gasteiger partial charge in [-0.25, -0.2) is 0 Å². The molecule has 90 valence electrons. The first kappa shape index (κ1) is 15.7. The maximum absolute atomic E-state index is 11.4. The van der Waals surface area contributed by atoms with Gasteiger partial charge in [-0.2, -0.15) is 0 Å². The van der Waals surface area contributed by atoms with E-state index in [1.165, 1.54) is 5.56 Å². The zero-order valence-corrected chi connectivity index (χ0v) is 12.3. The molecule has 1 unspecified atom stereocenters. The summed E-state index contributed by atoms with van der Waals surface area (Å²) in [7, 11) is 0. The number of hydrogen-bond donors (Lipinski definition) is 2. The molecular formula is C11H16ClIN2O. The Morgan fingerprint density at radius 3 is 2.69 bits per heavy atom. The van der Waals surface area contributed by atoms with E-state index < -0.39 is 0 Å². The number of carbonyl (C=O) groups excluding carboxylic acids is 1. The van der Waals surface area contributed by atoms with Crippen molar-refractivity contribution in [3.05, 3.63) is 27.3 Å². The molecule has 0 radical (unpaired) electrons. The van der Waals surface area contributed by atoms with Crippen LogP contribution in [0.2, 0.25) is 0 Å². The number of aryl methyl sites for hydroxylation is 1. The number of nitrogens with one attached hydrogen (secondary N) is 1. The van der Waals surface area contributed by atoms with E-state index in [-0.39, 0.29) is 24.4 Å². The number of amides is 1. The molecule has 1 aromatic rings. The van der Waals surface area contributed by atoms with E-state index in [1.54, 1.807) is 0 Å². The molecular weight excluding hydrogens is 338 g/mol. The van der Waals surface area contributed by atoms with Crippen LogP contribution in [0.15, 0.2) is 18.2 Å². The Morgan fingerprint density at radius 1 is 1.56 bits per heavy atom. The van der Waals surface area contributed by atoms with Crippen LogP contribution in [0.25, 0.3) is 0 Å². The van der Waals surface area contributed by atoms with Crippen LogP contribution in [0.4, 0.5) is 5.69 Å². The minimum atomic E-state index is -0.102. The minimum absolute atomic E-state index is 0. The smallest absolute Gasteiger partial charge is 0.225 e. The lowest BCUT2D eigenvalue weighted by Gasteiger charge is -2.08. The Bertz CT molecular complexity index is 369. The number of hydrogen-bond acceptors (Lipinski definition) is 2. The van der Waals surface area contributed by atoms with Crippen LogP contribution in [-0.2, 0) is 4.79 Å². The molecule has 0 saturated carbocycles. The average Bonchev–Trinajstić information content (AvgIpc) is 2.10. The van der Waals surface area contributed by atoms with Gasteiger partial charge in [0, 0.05) is 21.7 Å². The number of benzene rings is 1. The normalized spacial score (nSPS) is 11.5. The van der Waals surface area contributed by atoms with Crippen molar-refractivity contribution in [3.63, 3.8) is 0 Å². The largest absolute Gasteiger partial charge is 0.327 e. The maximum atomic E-state index is 11.4. The lowest BCUT2D eigenvalue weighted by atomic mass is 10.2. The predicted octanol–water partition coefficient (Wildman–Crippen LogP) is 2.70. The van der Waals surface area contributed by atoms with E-state index in [0.717, 1.165) is 9.26 Å². The van der Waals surface area contributed by atoms with Crippen LogP contribution in [0, 0.1) is 10.5 Å². The van der Waals surface area contributed by atoms with Crippen LogP contribution in [0.1, 0.15) is 18.9 Å². The zero-order chi connectivity index (χ0) is 11.4. The van der Waals surface area contributed by atoms with Gasteiger partial charge in [0.1, 0.15) is 0 Å². The molecule has 1 amide bonds. The highest BCUT2D eigenvalue weighted by Gasteiger charge is 2.05. The van der Waals surface area contributed by atoms with E-state index >= 15 is 0 Å². The number of rotatable bonds is 3. The molecule has 0 aliphatic heterocycles. The second kappa shape index (κ2) is 7.09. The summed E-state index contributed by atoms with van der Waals surface area (Å²) in [6.07, 6.45) is 0.352. The number of anilines is 1. The quantitative estimate of drug-likeness (QED) is 0.820. The molecule has 1 rings (SSSR count). The maximum Gasteiger partial charge on any atom is 0.225 e. The van der Waals surface area contributed by atoms with Crippen molar-refractivity contribution >= 4 is 46.6 Å². The monoisotopic (exact) mass is 354 g/mol. The van der Waals surface area contributed by atoms with Gasteiger partial charge >= 0.3 is 0 Å². The van der Waals surface area contributed by atoms with E-state index in [9.17, 15) is 4.79 Å². The summed E-state index contributed by atoms with van der Waals surface area (Å²) in [6.45, 7) is 3.85. The molecule has 0 spiro atoms. The van der Waals surface area contributed by atoms with E-state index in [4.69, 9.17) is 5.73 Å². The molecule has 0 bridgehead atoms. The highest BCUT2D eigenvalue weighted by molar-refractivity contribution is 14.1. The Kier molecular flexibility index (Phi) is 6.94. The second-order valence-electron chi connectivity index (χ2n) is 3.69. The van der Waals surface area contributed by atoms with Gasteiger partial charge in [0.2, 0.25) is 5.91 Å². The molecule has 0 fully saturated rings. The second-order valence-corrected chi connectivity index (χ2v) is 4.86. The van der Waals surface area contributed by atoms with Crippen molar-refractivity contribution in [2.45, 2.75) is 26.3 Å². The van der Waals surface area contributed by atoms with Gasteiger partial charge in [0.05, 0.1) is 0 Å². The van der Waals surface area contributed by atoms with Gasteiger partial charge in [0.25, 0.3) is 0 Å². The molecule has 3 nitrogen and oxygen atoms in total. The standard InChI is InChI=1S/C11H15IN2O.ClH/c1-7-3-4-9(6-10(7)12)14-11(15)5-8(2)13;/h3-4,6,8H,5,13H2,1-2H3,(H,14,15);1H. The van der Waals surface area contributed by atoms with Crippen LogP contribution < -0.4 is 11.1 Å². The van der Waals surface area contributed by atoms with Gasteiger partial charge < -0.3 is 11.1 Å². The topological polar surface area (TPSA) is 55.1 Å². The molecule has 5 heteroatoms. The molecule has 0 heterocycles. The van der Waals surface area contributed by atoms with Crippen molar-refractivity contribution in [2.75, 3.05) is 5.32 Å². The van der Waals surface area contributed by atoms with Crippen molar-refractivity contribution in [3.8, 4) is 0 Å². The predicted molar refractivity (Wildman–Crippen MR) is 78.0 cm³/mol. The van der Waals surface area contributed by atoms with Gasteiger partial charge in [-0.3, -0.25) is 4.79 Å². The Morgan fingerprint density at radius 2 is 2.19 bits per heavy atom. The van der Waals surface area contributed by atoms with Crippen molar-refractivity contribution in [2.24, 2.45) is 5.73 Å². The first-order valence-electron chi connectivity index (χ1n) is 4.80. The van der Waals surface area contributed by atoms with Crippen LogP contribution in [0.5, 0.6) is 0 Å². The fraction of sp³-hybridized carbons (Fsp3) is 0.364. The highest BCUT2D eigenvalue weighted by atomic mass is 127. The molecule has 3 N–H and O–H groups in total. The van der Waals surface area contributed by atoms with E-state index in [1.807, 2.05) is 32.0 Å². The fourth-order valence-corrected chi connectivity index (χ4v) is 1.69. The average molecular weight is 355 g/mol. The summed E-state index contributed by atoms with van der Waals surface area (Å²) in [5.74, 6) is -0.0374. The first-order valence-corrected chi connectivity index (χ1v) is 5.88. The third kappa shape index (κ3) is 5.14. The molecule has 0 aliphatic rings. The summed E-state index contributed by atoms with van der Waals surface area (Å²) in [4.78, 5) is 11.4. The molecule has 0 saturated heterocycles. The molecule has 16 heavy (non-hydrogen) atoms. The Labute approximate surface area is 116 Å². The SMILES string of the molecule is Cc1ccc(NC(=O)CC(C)N)cc1I.Cl. The van der Waals surface area contributed by atoms with Crippen molar-refractivity contribution in [1.82, 2.24) is 0 Å². The van der Waals surface area contributed by atoms with Crippen molar-refractivity contribution < 1.29 is 4.79 Å². The number of nitrogens with two attached hydrogens (primary N) is 1. The van der Waals surface area contributed by atoms with Gasteiger partial charge in [-0.15, -0.1) is 12.4 Å². The fourth-order valence-electron chi connectivity index (χ4n) is 1.18. The van der Waals surface area contributed by atoms with Crippen LogP contribution in [-0.4, -0.2) is 11.9 Å². The van der Waals surface area contributed by atoms with Crippen molar-refractivity contribution in [1.29, 1.82) is 0 Å². The van der Waals surface area contributed by atoms with Gasteiger partial charge in [0.15, 0.2) is 0 Å². The number of halogens is 2. The van der Waals surface area contributed by atoms with Crippen LogP contribution >= 0.6 is 35.0 Å². The summed E-state index contributed by atoms with van der Waals surface area (Å²) >= 11 is 2.25. The third-order valence-electron chi connectivity index (χ3n) is 1.96. The van der Waals surface area contributed by atoms with Gasteiger partial charge in [-0.05, 0) is 54.1 Å². The third-order valence-corrected chi connectivity index (χ3v) is 3.13. The van der Waals surface area contributed by atoms with E-state index in [0.29, 0.717) is 6.42 Å². The number of carbonyl (C=O) groups is 1. The van der Waals surface area contributed by atoms with Gasteiger partial charge in [-0.1, -0.05) is 6.07 Å². The molecule has 0 aromatic heterocycles.